The van der Waals surface area contributed by atoms with E-state index in [2.05, 4.69) is 26.3 Å². The van der Waals surface area contributed by atoms with Crippen LogP contribution in [0, 0.1) is 0 Å². The van der Waals surface area contributed by atoms with Crippen molar-refractivity contribution in [3.05, 3.63) is 86.7 Å². The Hall–Kier alpha value is -3.46. The standard InChI is InChI=1S/C19H14BrN3O5/c20-12-6-8-13(9-7-12)23-15(25)10-14(24)17(22-23)18(26)21-16(19(27)28)11-4-2-1-3-5-11/h1-10,16,24H,(H,21,26)(H,27,28)/t16-/m0/s1. The Labute approximate surface area is 167 Å². The van der Waals surface area contributed by atoms with Gasteiger partial charge in [0.1, 0.15) is 0 Å². The lowest BCUT2D eigenvalue weighted by atomic mass is 10.1. The van der Waals surface area contributed by atoms with Gasteiger partial charge >= 0.3 is 5.97 Å². The van der Waals surface area contributed by atoms with Crippen LogP contribution in [-0.4, -0.2) is 31.9 Å². The van der Waals surface area contributed by atoms with E-state index < -0.39 is 34.9 Å². The maximum absolute atomic E-state index is 12.6. The molecule has 0 aliphatic carbocycles. The van der Waals surface area contributed by atoms with Crippen molar-refractivity contribution >= 4 is 27.8 Å². The molecular weight excluding hydrogens is 430 g/mol. The van der Waals surface area contributed by atoms with Crippen LogP contribution in [-0.2, 0) is 4.79 Å². The average Bonchev–Trinajstić information content (AvgIpc) is 2.67. The van der Waals surface area contributed by atoms with Crippen molar-refractivity contribution in [2.45, 2.75) is 6.04 Å². The van der Waals surface area contributed by atoms with Gasteiger partial charge in [-0.05, 0) is 29.8 Å². The zero-order valence-corrected chi connectivity index (χ0v) is 15.8. The Kier molecular flexibility index (Phi) is 5.55. The molecule has 0 radical (unpaired) electrons. The highest BCUT2D eigenvalue weighted by molar-refractivity contribution is 9.10. The van der Waals surface area contributed by atoms with Gasteiger partial charge in [-0.1, -0.05) is 46.3 Å². The van der Waals surface area contributed by atoms with Gasteiger partial charge < -0.3 is 15.5 Å². The SMILES string of the molecule is O=C(N[C@H](C(=O)O)c1ccccc1)c1nn(-c2ccc(Br)cc2)c(=O)cc1O. The topological polar surface area (TPSA) is 122 Å². The van der Waals surface area contributed by atoms with Crippen LogP contribution < -0.4 is 10.9 Å². The van der Waals surface area contributed by atoms with Gasteiger partial charge in [0, 0.05) is 10.5 Å². The van der Waals surface area contributed by atoms with Gasteiger partial charge in [-0.15, -0.1) is 0 Å². The third-order valence-corrected chi connectivity index (χ3v) is 4.38. The van der Waals surface area contributed by atoms with Gasteiger partial charge in [0.05, 0.1) is 5.69 Å². The molecule has 3 aromatic rings. The van der Waals surface area contributed by atoms with E-state index in [4.69, 9.17) is 0 Å². The minimum atomic E-state index is -1.34. The van der Waals surface area contributed by atoms with E-state index in [1.807, 2.05) is 0 Å². The van der Waals surface area contributed by atoms with E-state index in [9.17, 15) is 24.6 Å². The van der Waals surface area contributed by atoms with Gasteiger partial charge in [-0.25, -0.2) is 4.79 Å². The van der Waals surface area contributed by atoms with Crippen molar-refractivity contribution in [3.63, 3.8) is 0 Å². The maximum Gasteiger partial charge on any atom is 0.330 e. The number of benzene rings is 2. The lowest BCUT2D eigenvalue weighted by Crippen LogP contribution is -2.35. The van der Waals surface area contributed by atoms with E-state index >= 15 is 0 Å². The van der Waals surface area contributed by atoms with Gasteiger partial charge in [-0.2, -0.15) is 9.78 Å². The molecule has 1 heterocycles. The highest BCUT2D eigenvalue weighted by Crippen LogP contribution is 2.18. The zero-order valence-electron chi connectivity index (χ0n) is 14.2. The minimum Gasteiger partial charge on any atom is -0.505 e. The Morgan fingerprint density at radius 3 is 2.32 bits per heavy atom. The van der Waals surface area contributed by atoms with Crippen molar-refractivity contribution in [2.24, 2.45) is 0 Å². The molecule has 0 aliphatic heterocycles. The van der Waals surface area contributed by atoms with Crippen LogP contribution in [0.5, 0.6) is 5.75 Å². The number of rotatable bonds is 5. The lowest BCUT2D eigenvalue weighted by molar-refractivity contribution is -0.139. The first-order valence-corrected chi connectivity index (χ1v) is 8.84. The summed E-state index contributed by atoms with van der Waals surface area (Å²) in [5, 5.41) is 25.7. The number of carboxylic acid groups (broad SMARTS) is 1. The fourth-order valence-corrected chi connectivity index (χ4v) is 2.77. The van der Waals surface area contributed by atoms with Crippen LogP contribution in [0.15, 0.2) is 69.9 Å². The van der Waals surface area contributed by atoms with Crippen molar-refractivity contribution in [2.75, 3.05) is 0 Å². The molecule has 0 bridgehead atoms. The zero-order chi connectivity index (χ0) is 20.3. The first-order valence-electron chi connectivity index (χ1n) is 8.04. The largest absolute Gasteiger partial charge is 0.505 e. The molecule has 9 heteroatoms. The van der Waals surface area contributed by atoms with Crippen LogP contribution in [0.1, 0.15) is 22.1 Å². The summed E-state index contributed by atoms with van der Waals surface area (Å²) in [4.78, 5) is 36.3. The number of halogens is 1. The number of carbonyl (C=O) groups is 2. The summed E-state index contributed by atoms with van der Waals surface area (Å²) < 4.78 is 1.73. The molecule has 1 atom stereocenters. The second-order valence-electron chi connectivity index (χ2n) is 5.76. The number of aromatic nitrogens is 2. The first kappa shape index (κ1) is 19.3. The van der Waals surface area contributed by atoms with Gasteiger partial charge in [0.2, 0.25) is 0 Å². The number of aliphatic carboxylic acids is 1. The smallest absolute Gasteiger partial charge is 0.330 e. The number of carbonyl (C=O) groups excluding carboxylic acids is 1. The number of amides is 1. The average molecular weight is 444 g/mol. The van der Waals surface area contributed by atoms with Gasteiger partial charge in [0.25, 0.3) is 11.5 Å². The second kappa shape index (κ2) is 8.05. The number of nitrogens with one attached hydrogen (secondary N) is 1. The molecule has 0 saturated heterocycles. The predicted octanol–water partition coefficient (Wildman–Crippen LogP) is 2.26. The van der Waals surface area contributed by atoms with E-state index in [0.717, 1.165) is 15.2 Å². The number of aromatic hydroxyl groups is 1. The monoisotopic (exact) mass is 443 g/mol. The molecule has 142 valence electrons. The molecule has 3 N–H and O–H groups in total. The molecule has 3 rings (SSSR count). The van der Waals surface area contributed by atoms with E-state index in [0.29, 0.717) is 11.3 Å². The lowest BCUT2D eigenvalue weighted by Gasteiger charge is -2.15. The number of hydrogen-bond donors (Lipinski definition) is 3. The highest BCUT2D eigenvalue weighted by atomic mass is 79.9. The summed E-state index contributed by atoms with van der Waals surface area (Å²) in [7, 11) is 0. The Bertz CT molecular complexity index is 1080. The predicted molar refractivity (Wildman–Crippen MR) is 103 cm³/mol. The summed E-state index contributed by atoms with van der Waals surface area (Å²) in [6.45, 7) is 0. The molecule has 28 heavy (non-hydrogen) atoms. The third kappa shape index (κ3) is 4.09. The second-order valence-corrected chi connectivity index (χ2v) is 6.68. The third-order valence-electron chi connectivity index (χ3n) is 3.85. The fraction of sp³-hybridized carbons (Fsp3) is 0.0526. The first-order chi connectivity index (χ1) is 13.4. The number of nitrogens with zero attached hydrogens (tertiary/aromatic N) is 2. The number of hydrogen-bond acceptors (Lipinski definition) is 5. The van der Waals surface area contributed by atoms with Gasteiger partial charge in [0.15, 0.2) is 17.5 Å². The molecule has 0 aliphatic rings. The molecule has 1 aromatic heterocycles. The maximum atomic E-state index is 12.6. The molecule has 0 spiro atoms. The van der Waals surface area contributed by atoms with Crippen molar-refractivity contribution in [1.82, 2.24) is 15.1 Å². The molecule has 0 saturated carbocycles. The van der Waals surface area contributed by atoms with Crippen LogP contribution in [0.25, 0.3) is 5.69 Å². The Morgan fingerprint density at radius 2 is 1.71 bits per heavy atom. The molecule has 2 aromatic carbocycles. The summed E-state index contributed by atoms with van der Waals surface area (Å²) >= 11 is 3.28. The normalized spacial score (nSPS) is 11.6. The van der Waals surface area contributed by atoms with Crippen LogP contribution in [0.3, 0.4) is 0 Å². The van der Waals surface area contributed by atoms with Crippen LogP contribution >= 0.6 is 15.9 Å². The summed E-state index contributed by atoms with van der Waals surface area (Å²) in [6.07, 6.45) is 0. The molecular formula is C19H14BrN3O5. The summed E-state index contributed by atoms with van der Waals surface area (Å²) in [6, 6.07) is 14.2. The highest BCUT2D eigenvalue weighted by Gasteiger charge is 2.25. The molecule has 0 unspecified atom stereocenters. The van der Waals surface area contributed by atoms with Crippen molar-refractivity contribution < 1.29 is 19.8 Å². The Balaban J connectivity index is 1.97. The number of carboxylic acids is 1. The summed E-state index contributed by atoms with van der Waals surface area (Å²) in [5.41, 5.74) is -0.386. The van der Waals surface area contributed by atoms with Gasteiger partial charge in [-0.3, -0.25) is 9.59 Å². The molecule has 0 fully saturated rings. The Morgan fingerprint density at radius 1 is 1.07 bits per heavy atom. The molecule has 1 amide bonds. The van der Waals surface area contributed by atoms with Crippen LogP contribution in [0.2, 0.25) is 0 Å². The van der Waals surface area contributed by atoms with Crippen molar-refractivity contribution in [3.8, 4) is 11.4 Å². The fourth-order valence-electron chi connectivity index (χ4n) is 2.51. The van der Waals surface area contributed by atoms with Crippen molar-refractivity contribution in [1.29, 1.82) is 0 Å². The molecule has 8 nitrogen and oxygen atoms in total. The van der Waals surface area contributed by atoms with Crippen LogP contribution in [0.4, 0.5) is 0 Å². The van der Waals surface area contributed by atoms with E-state index in [1.54, 1.807) is 54.6 Å². The quantitative estimate of drug-likeness (QED) is 0.555. The van der Waals surface area contributed by atoms with E-state index in [-0.39, 0.29) is 0 Å². The summed E-state index contributed by atoms with van der Waals surface area (Å²) in [5.74, 6) is -2.85. The minimum absolute atomic E-state index is 0.351. The van der Waals surface area contributed by atoms with E-state index in [1.165, 1.54) is 0 Å².